The van der Waals surface area contributed by atoms with E-state index in [1.807, 2.05) is 18.7 Å². The predicted octanol–water partition coefficient (Wildman–Crippen LogP) is 2.04. The van der Waals surface area contributed by atoms with Gasteiger partial charge in [0.05, 0.1) is 6.33 Å². The van der Waals surface area contributed by atoms with E-state index in [1.165, 1.54) is 19.3 Å². The zero-order valence-electron chi connectivity index (χ0n) is 14.6. The molecule has 0 radical (unpaired) electrons. The molecule has 0 aromatic carbocycles. The van der Waals surface area contributed by atoms with Crippen LogP contribution in [0.2, 0.25) is 0 Å². The molecule has 1 aromatic rings. The summed E-state index contributed by atoms with van der Waals surface area (Å²) >= 11 is 0. The van der Waals surface area contributed by atoms with Crippen molar-refractivity contribution in [3.63, 3.8) is 0 Å². The Bertz CT molecular complexity index is 454. The molecule has 0 aliphatic heterocycles. The van der Waals surface area contributed by atoms with Gasteiger partial charge in [-0.2, -0.15) is 0 Å². The van der Waals surface area contributed by atoms with E-state index in [0.717, 1.165) is 51.6 Å². The van der Waals surface area contributed by atoms with Crippen molar-refractivity contribution in [2.45, 2.75) is 45.6 Å². The first kappa shape index (κ1) is 17.8. The number of guanidine groups is 1. The summed E-state index contributed by atoms with van der Waals surface area (Å²) in [4.78, 5) is 8.87. The van der Waals surface area contributed by atoms with Crippen LogP contribution in [-0.4, -0.2) is 48.9 Å². The van der Waals surface area contributed by atoms with Crippen molar-refractivity contribution >= 4 is 5.96 Å². The van der Waals surface area contributed by atoms with Crippen molar-refractivity contribution in [1.82, 2.24) is 20.2 Å². The van der Waals surface area contributed by atoms with E-state index in [0.29, 0.717) is 5.41 Å². The highest BCUT2D eigenvalue weighted by molar-refractivity contribution is 5.79. The second-order valence-electron chi connectivity index (χ2n) is 6.37. The second-order valence-corrected chi connectivity index (χ2v) is 6.37. The molecule has 2 rings (SSSR count). The van der Waals surface area contributed by atoms with Gasteiger partial charge in [-0.05, 0) is 38.0 Å². The highest BCUT2D eigenvalue weighted by Gasteiger charge is 2.36. The fraction of sp³-hybridized carbons (Fsp3) is 0.765. The first-order valence-electron chi connectivity index (χ1n) is 8.75. The van der Waals surface area contributed by atoms with Gasteiger partial charge in [0.2, 0.25) is 0 Å². The van der Waals surface area contributed by atoms with E-state index in [-0.39, 0.29) is 0 Å². The third-order valence-electron chi connectivity index (χ3n) is 4.61. The van der Waals surface area contributed by atoms with Crippen molar-refractivity contribution in [2.75, 3.05) is 33.4 Å². The number of methoxy groups -OCH3 is 1. The van der Waals surface area contributed by atoms with Crippen molar-refractivity contribution < 1.29 is 4.74 Å². The van der Waals surface area contributed by atoms with Gasteiger partial charge in [-0.15, -0.1) is 0 Å². The van der Waals surface area contributed by atoms with E-state index >= 15 is 0 Å². The van der Waals surface area contributed by atoms with E-state index in [4.69, 9.17) is 9.73 Å². The van der Waals surface area contributed by atoms with Crippen molar-refractivity contribution in [1.29, 1.82) is 0 Å². The Hall–Kier alpha value is -1.56. The summed E-state index contributed by atoms with van der Waals surface area (Å²) in [5.74, 6) is 0.932. The number of aryl methyl sites for hydroxylation is 1. The first-order valence-corrected chi connectivity index (χ1v) is 8.75. The van der Waals surface area contributed by atoms with Gasteiger partial charge >= 0.3 is 0 Å². The monoisotopic (exact) mass is 321 g/mol. The molecule has 0 amide bonds. The van der Waals surface area contributed by atoms with Crippen LogP contribution < -0.4 is 10.6 Å². The molecule has 0 unspecified atom stereocenters. The molecule has 1 aliphatic rings. The van der Waals surface area contributed by atoms with Gasteiger partial charge in [0.1, 0.15) is 0 Å². The summed E-state index contributed by atoms with van der Waals surface area (Å²) in [6.45, 7) is 6.61. The third kappa shape index (κ3) is 5.86. The lowest BCUT2D eigenvalue weighted by Gasteiger charge is -2.40. The number of imidazole rings is 1. The predicted molar refractivity (Wildman–Crippen MR) is 93.6 cm³/mol. The number of ether oxygens (including phenoxy) is 1. The largest absolute Gasteiger partial charge is 0.385 e. The van der Waals surface area contributed by atoms with Gasteiger partial charge < -0.3 is 19.9 Å². The Labute approximate surface area is 139 Å². The molecule has 23 heavy (non-hydrogen) atoms. The van der Waals surface area contributed by atoms with Gasteiger partial charge in [-0.25, -0.2) is 4.98 Å². The molecule has 2 N–H and O–H groups in total. The standard InChI is InChI=1S/C17H31N5O/c1-3-19-16(20-9-5-11-22-12-10-18-15-22)21-14-17(6-4-7-17)8-13-23-2/h10,12,15H,3-9,11,13-14H2,1-2H3,(H2,19,20,21). The fourth-order valence-corrected chi connectivity index (χ4v) is 2.96. The lowest BCUT2D eigenvalue weighted by molar-refractivity contribution is 0.0778. The van der Waals surface area contributed by atoms with E-state index in [1.54, 1.807) is 7.11 Å². The van der Waals surface area contributed by atoms with Crippen LogP contribution in [0.1, 0.15) is 39.0 Å². The summed E-state index contributed by atoms with van der Waals surface area (Å²) in [5, 5.41) is 6.78. The molecule has 6 nitrogen and oxygen atoms in total. The normalized spacial score (nSPS) is 16.9. The highest BCUT2D eigenvalue weighted by Crippen LogP contribution is 2.44. The Morgan fingerprint density at radius 1 is 1.39 bits per heavy atom. The first-order chi connectivity index (χ1) is 11.3. The molecule has 1 saturated carbocycles. The molecule has 1 heterocycles. The molecular weight excluding hydrogens is 290 g/mol. The number of nitrogens with one attached hydrogen (secondary N) is 2. The van der Waals surface area contributed by atoms with Gasteiger partial charge in [0.25, 0.3) is 0 Å². The molecule has 130 valence electrons. The van der Waals surface area contributed by atoms with Gasteiger partial charge in [-0.3, -0.25) is 4.99 Å². The fourth-order valence-electron chi connectivity index (χ4n) is 2.96. The highest BCUT2D eigenvalue weighted by atomic mass is 16.5. The molecule has 1 fully saturated rings. The van der Waals surface area contributed by atoms with E-state index in [2.05, 4.69) is 27.1 Å². The Balaban J connectivity index is 1.74. The summed E-state index contributed by atoms with van der Waals surface area (Å²) in [7, 11) is 1.78. The lowest BCUT2D eigenvalue weighted by Crippen LogP contribution is -2.40. The molecule has 0 saturated heterocycles. The summed E-state index contributed by atoms with van der Waals surface area (Å²) in [6.07, 6.45) is 11.7. The molecule has 6 heteroatoms. The quantitative estimate of drug-likeness (QED) is 0.393. The molecule has 1 aromatic heterocycles. The van der Waals surface area contributed by atoms with Gasteiger partial charge in [0.15, 0.2) is 5.96 Å². The molecule has 0 bridgehead atoms. The number of hydrogen-bond donors (Lipinski definition) is 2. The molecule has 1 aliphatic carbocycles. The molecule has 0 atom stereocenters. The Kier molecular flexibility index (Phi) is 7.39. The average molecular weight is 321 g/mol. The smallest absolute Gasteiger partial charge is 0.191 e. The zero-order valence-corrected chi connectivity index (χ0v) is 14.6. The third-order valence-corrected chi connectivity index (χ3v) is 4.61. The molecule has 0 spiro atoms. The van der Waals surface area contributed by atoms with Crippen molar-refractivity contribution in [3.8, 4) is 0 Å². The van der Waals surface area contributed by atoms with Crippen molar-refractivity contribution in [2.24, 2.45) is 10.4 Å². The number of aliphatic imine (C=N–C) groups is 1. The summed E-state index contributed by atoms with van der Waals surface area (Å²) < 4.78 is 7.35. The summed E-state index contributed by atoms with van der Waals surface area (Å²) in [6, 6.07) is 0. The molecular formula is C17H31N5O. The van der Waals surface area contributed by atoms with Crippen LogP contribution in [0.25, 0.3) is 0 Å². The minimum atomic E-state index is 0.370. The lowest BCUT2D eigenvalue weighted by atomic mass is 9.67. The number of rotatable bonds is 10. The number of aromatic nitrogens is 2. The number of nitrogens with zero attached hydrogens (tertiary/aromatic N) is 3. The van der Waals surface area contributed by atoms with Crippen LogP contribution in [0.4, 0.5) is 0 Å². The maximum Gasteiger partial charge on any atom is 0.191 e. The van der Waals surface area contributed by atoms with E-state index in [9.17, 15) is 0 Å². The van der Waals surface area contributed by atoms with Crippen LogP contribution >= 0.6 is 0 Å². The average Bonchev–Trinajstić information content (AvgIpc) is 3.03. The SMILES string of the molecule is CCNC(=NCC1(CCOC)CCC1)NCCCn1ccnc1. The maximum absolute atomic E-state index is 5.26. The minimum Gasteiger partial charge on any atom is -0.385 e. The van der Waals surface area contributed by atoms with E-state index < -0.39 is 0 Å². The van der Waals surface area contributed by atoms with Crippen LogP contribution in [0, 0.1) is 5.41 Å². The van der Waals surface area contributed by atoms with Crippen LogP contribution in [0.3, 0.4) is 0 Å². The minimum absolute atomic E-state index is 0.370. The van der Waals surface area contributed by atoms with Crippen LogP contribution in [-0.2, 0) is 11.3 Å². The van der Waals surface area contributed by atoms with Gasteiger partial charge in [-0.1, -0.05) is 6.42 Å². The van der Waals surface area contributed by atoms with Crippen LogP contribution in [0.5, 0.6) is 0 Å². The Morgan fingerprint density at radius 3 is 2.87 bits per heavy atom. The number of hydrogen-bond acceptors (Lipinski definition) is 3. The zero-order chi connectivity index (χ0) is 16.4. The Morgan fingerprint density at radius 2 is 2.26 bits per heavy atom. The second kappa shape index (κ2) is 9.55. The maximum atomic E-state index is 5.26. The van der Waals surface area contributed by atoms with Crippen molar-refractivity contribution in [3.05, 3.63) is 18.7 Å². The summed E-state index contributed by atoms with van der Waals surface area (Å²) in [5.41, 5.74) is 0.370. The topological polar surface area (TPSA) is 63.5 Å². The van der Waals surface area contributed by atoms with Gasteiger partial charge in [0, 0.05) is 52.3 Å². The van der Waals surface area contributed by atoms with Crippen LogP contribution in [0.15, 0.2) is 23.7 Å².